The summed E-state index contributed by atoms with van der Waals surface area (Å²) in [6, 6.07) is 13.8. The summed E-state index contributed by atoms with van der Waals surface area (Å²) in [6.07, 6.45) is 2.30. The second kappa shape index (κ2) is 22.8. The van der Waals surface area contributed by atoms with Gasteiger partial charge in [0.2, 0.25) is 0 Å². The summed E-state index contributed by atoms with van der Waals surface area (Å²) in [5.74, 6) is 1.91. The molecule has 2 aromatic rings. The Balaban J connectivity index is 1.41. The van der Waals surface area contributed by atoms with Crippen molar-refractivity contribution in [2.75, 3.05) is 86.8 Å². The van der Waals surface area contributed by atoms with Crippen molar-refractivity contribution >= 4 is 12.0 Å². The fourth-order valence-electron chi connectivity index (χ4n) is 4.09. The molecule has 0 atom stereocenters. The van der Waals surface area contributed by atoms with E-state index in [4.69, 9.17) is 37.9 Å². The maximum Gasteiger partial charge on any atom is 0.407 e. The molecule has 2 aromatic carbocycles. The molecule has 2 N–H and O–H groups in total. The third kappa shape index (κ3) is 18.4. The first-order valence-corrected chi connectivity index (χ1v) is 15.7. The molecule has 0 saturated heterocycles. The van der Waals surface area contributed by atoms with Crippen molar-refractivity contribution in [1.82, 2.24) is 10.6 Å². The first kappa shape index (κ1) is 38.6. The second-order valence-electron chi connectivity index (χ2n) is 11.2. The smallest absolute Gasteiger partial charge is 0.407 e. The Bertz CT molecular complexity index is 1140. The van der Waals surface area contributed by atoms with Crippen LogP contribution in [0, 0.1) is 0 Å². The van der Waals surface area contributed by atoms with Gasteiger partial charge in [0, 0.05) is 13.1 Å². The van der Waals surface area contributed by atoms with Crippen LogP contribution >= 0.6 is 0 Å². The minimum Gasteiger partial charge on any atom is -0.493 e. The van der Waals surface area contributed by atoms with Crippen molar-refractivity contribution in [3.8, 4) is 17.2 Å². The Kier molecular flexibility index (Phi) is 19.2. The van der Waals surface area contributed by atoms with Crippen LogP contribution in [0.4, 0.5) is 4.79 Å². The number of ether oxygens (including phenoxy) is 8. The van der Waals surface area contributed by atoms with Gasteiger partial charge in [-0.2, -0.15) is 0 Å². The monoisotopic (exact) mass is 648 g/mol. The molecule has 12 heteroatoms. The van der Waals surface area contributed by atoms with Crippen LogP contribution in [0.2, 0.25) is 0 Å². The van der Waals surface area contributed by atoms with Crippen LogP contribution in [0.5, 0.6) is 17.2 Å². The van der Waals surface area contributed by atoms with Crippen molar-refractivity contribution < 1.29 is 47.5 Å². The highest BCUT2D eigenvalue weighted by Crippen LogP contribution is 2.28. The van der Waals surface area contributed by atoms with Gasteiger partial charge in [-0.25, -0.2) is 4.79 Å². The maximum atomic E-state index is 12.2. The highest BCUT2D eigenvalue weighted by atomic mass is 16.6. The molecule has 46 heavy (non-hydrogen) atoms. The van der Waals surface area contributed by atoms with Crippen molar-refractivity contribution in [3.05, 3.63) is 53.6 Å². The number of hydrogen-bond acceptors (Lipinski definition) is 10. The van der Waals surface area contributed by atoms with Gasteiger partial charge in [-0.3, -0.25) is 4.79 Å². The van der Waals surface area contributed by atoms with Crippen LogP contribution in [-0.4, -0.2) is 104 Å². The molecule has 0 aliphatic carbocycles. The Morgan fingerprint density at radius 2 is 1.24 bits per heavy atom. The molecule has 2 rings (SSSR count). The number of carbonyl (C=O) groups excluding carboxylic acids is 2. The summed E-state index contributed by atoms with van der Waals surface area (Å²) in [5, 5.41) is 5.41. The molecule has 0 aliphatic heterocycles. The lowest BCUT2D eigenvalue weighted by Gasteiger charge is -2.19. The van der Waals surface area contributed by atoms with E-state index in [0.29, 0.717) is 71.7 Å². The number of hydrogen-bond donors (Lipinski definition) is 2. The molecule has 0 bridgehead atoms. The second-order valence-corrected chi connectivity index (χ2v) is 11.2. The van der Waals surface area contributed by atoms with Crippen molar-refractivity contribution in [2.45, 2.75) is 45.6 Å². The van der Waals surface area contributed by atoms with Gasteiger partial charge < -0.3 is 48.5 Å². The quantitative estimate of drug-likeness (QED) is 0.161. The van der Waals surface area contributed by atoms with Crippen LogP contribution in [0.1, 0.15) is 38.3 Å². The molecule has 0 fully saturated rings. The zero-order chi connectivity index (χ0) is 33.5. The number of aryl methyl sites for hydroxylation is 2. The summed E-state index contributed by atoms with van der Waals surface area (Å²) >= 11 is 0. The van der Waals surface area contributed by atoms with Crippen molar-refractivity contribution in [3.63, 3.8) is 0 Å². The van der Waals surface area contributed by atoms with Gasteiger partial charge in [-0.05, 0) is 75.4 Å². The molecule has 0 saturated carbocycles. The molecule has 0 unspecified atom stereocenters. The Morgan fingerprint density at radius 1 is 0.674 bits per heavy atom. The van der Waals surface area contributed by atoms with E-state index in [0.717, 1.165) is 36.3 Å². The number of nitrogens with one attached hydrogen (secondary N) is 2. The lowest BCUT2D eigenvalue weighted by atomic mass is 10.0. The Labute approximate surface area is 273 Å². The summed E-state index contributed by atoms with van der Waals surface area (Å²) in [6.45, 7) is 9.46. The van der Waals surface area contributed by atoms with Gasteiger partial charge in [0.15, 0.2) is 18.1 Å². The standard InChI is InChI=1S/C34H52N2O10/c1-34(2,3)46-33(38)36-15-17-42-19-21-44-23-22-43-20-18-41-16-14-35-32(37)26-45-29-11-7-10-27(24-29)8-6-9-28-12-13-30(39-4)31(25-28)40-5/h7,10-13,24-25H,6,8-9,14-23,26H2,1-5H3,(H,35,37)(H,36,38). The molecule has 12 nitrogen and oxygen atoms in total. The zero-order valence-electron chi connectivity index (χ0n) is 28.0. The molecular formula is C34H52N2O10. The SMILES string of the molecule is COc1ccc(CCCc2cccc(OCC(=O)NCCOCCOCCOCCOCCNC(=O)OC(C)(C)C)c2)cc1OC. The van der Waals surface area contributed by atoms with Gasteiger partial charge in [0.05, 0.1) is 67.1 Å². The van der Waals surface area contributed by atoms with Crippen LogP contribution in [0.25, 0.3) is 0 Å². The van der Waals surface area contributed by atoms with E-state index in [2.05, 4.69) is 22.8 Å². The van der Waals surface area contributed by atoms with E-state index in [1.54, 1.807) is 14.2 Å². The number of alkyl carbamates (subject to hydrolysis) is 1. The molecule has 0 radical (unpaired) electrons. The van der Waals surface area contributed by atoms with Crippen LogP contribution in [0.15, 0.2) is 42.5 Å². The molecule has 0 spiro atoms. The fraction of sp³-hybridized carbons (Fsp3) is 0.588. The summed E-state index contributed by atoms with van der Waals surface area (Å²) in [7, 11) is 3.27. The Hall–Kier alpha value is -3.58. The molecule has 2 amide bonds. The first-order valence-electron chi connectivity index (χ1n) is 15.7. The minimum atomic E-state index is -0.521. The molecule has 258 valence electrons. The number of amides is 2. The predicted molar refractivity (Wildman–Crippen MR) is 174 cm³/mol. The number of carbonyl (C=O) groups is 2. The van der Waals surface area contributed by atoms with E-state index in [1.807, 2.05) is 51.1 Å². The van der Waals surface area contributed by atoms with Gasteiger partial charge in [0.25, 0.3) is 5.91 Å². The minimum absolute atomic E-state index is 0.0633. The molecule has 0 aliphatic rings. The highest BCUT2D eigenvalue weighted by Gasteiger charge is 2.15. The third-order valence-corrected chi connectivity index (χ3v) is 6.25. The largest absolute Gasteiger partial charge is 0.493 e. The van der Waals surface area contributed by atoms with E-state index in [9.17, 15) is 9.59 Å². The van der Waals surface area contributed by atoms with E-state index < -0.39 is 11.7 Å². The number of rotatable bonds is 24. The fourth-order valence-corrected chi connectivity index (χ4v) is 4.09. The zero-order valence-corrected chi connectivity index (χ0v) is 28.0. The maximum absolute atomic E-state index is 12.2. The van der Waals surface area contributed by atoms with Crippen LogP contribution < -0.4 is 24.8 Å². The third-order valence-electron chi connectivity index (χ3n) is 6.25. The topological polar surface area (TPSA) is 132 Å². The van der Waals surface area contributed by atoms with Gasteiger partial charge in [-0.15, -0.1) is 0 Å². The number of benzene rings is 2. The summed E-state index contributed by atoms with van der Waals surface area (Å²) in [4.78, 5) is 23.7. The number of methoxy groups -OCH3 is 2. The first-order chi connectivity index (χ1) is 22.2. The molecule has 0 aromatic heterocycles. The van der Waals surface area contributed by atoms with E-state index in [-0.39, 0.29) is 12.5 Å². The normalized spacial score (nSPS) is 11.2. The Morgan fingerprint density at radius 3 is 1.83 bits per heavy atom. The van der Waals surface area contributed by atoms with Gasteiger partial charge in [-0.1, -0.05) is 18.2 Å². The van der Waals surface area contributed by atoms with Crippen LogP contribution in [-0.2, 0) is 41.3 Å². The van der Waals surface area contributed by atoms with Crippen molar-refractivity contribution in [2.24, 2.45) is 0 Å². The van der Waals surface area contributed by atoms with E-state index in [1.165, 1.54) is 5.56 Å². The average molecular weight is 649 g/mol. The summed E-state index contributed by atoms with van der Waals surface area (Å²) in [5.41, 5.74) is 1.81. The molecular weight excluding hydrogens is 596 g/mol. The predicted octanol–water partition coefficient (Wildman–Crippen LogP) is 3.97. The van der Waals surface area contributed by atoms with Gasteiger partial charge >= 0.3 is 6.09 Å². The highest BCUT2D eigenvalue weighted by molar-refractivity contribution is 5.77. The van der Waals surface area contributed by atoms with Crippen molar-refractivity contribution in [1.29, 1.82) is 0 Å². The lowest BCUT2D eigenvalue weighted by molar-refractivity contribution is -0.123. The van der Waals surface area contributed by atoms with Crippen LogP contribution in [0.3, 0.4) is 0 Å². The lowest BCUT2D eigenvalue weighted by Crippen LogP contribution is -2.34. The van der Waals surface area contributed by atoms with Gasteiger partial charge in [0.1, 0.15) is 11.4 Å². The summed E-state index contributed by atoms with van der Waals surface area (Å²) < 4.78 is 43.3. The van der Waals surface area contributed by atoms with E-state index >= 15 is 0 Å². The average Bonchev–Trinajstić information content (AvgIpc) is 3.02. The molecule has 0 heterocycles.